The molecule has 9 heteroatoms. The van der Waals surface area contributed by atoms with E-state index in [9.17, 15) is 18.0 Å². The van der Waals surface area contributed by atoms with Crippen molar-refractivity contribution in [3.05, 3.63) is 45.7 Å². The molecule has 2 aromatic rings. The van der Waals surface area contributed by atoms with Gasteiger partial charge in [-0.1, -0.05) is 0 Å². The summed E-state index contributed by atoms with van der Waals surface area (Å²) in [6.07, 6.45) is -1.71. The number of nitrogens with zero attached hydrogens (tertiary/aromatic N) is 4. The molecule has 0 spiro atoms. The number of alkyl halides is 3. The number of rotatable bonds is 2. The fraction of sp³-hybridized carbons (Fsp3) is 0.444. The Kier molecular flexibility index (Phi) is 5.43. The Morgan fingerprint density at radius 2 is 1.93 bits per heavy atom. The summed E-state index contributed by atoms with van der Waals surface area (Å²) < 4.78 is 39.9. The number of halogens is 3. The van der Waals surface area contributed by atoms with Crippen molar-refractivity contribution in [1.29, 1.82) is 0 Å². The molecule has 1 aliphatic heterocycles. The van der Waals surface area contributed by atoms with E-state index in [2.05, 4.69) is 9.89 Å². The van der Waals surface area contributed by atoms with E-state index < -0.39 is 11.7 Å². The van der Waals surface area contributed by atoms with E-state index in [1.165, 1.54) is 23.5 Å². The Hall–Kier alpha value is -2.13. The number of carbonyl (C=O) groups excluding carboxylic acids is 1. The highest BCUT2D eigenvalue weighted by molar-refractivity contribution is 7.09. The number of aryl methyl sites for hydroxylation is 1. The molecule has 2 heterocycles. The van der Waals surface area contributed by atoms with Gasteiger partial charge in [0.25, 0.3) is 0 Å². The second kappa shape index (κ2) is 7.47. The van der Waals surface area contributed by atoms with Gasteiger partial charge in [0.15, 0.2) is 4.80 Å². The number of likely N-dealkylation sites (N-methyl/N-ethyl adjacent to an activating group) is 1. The summed E-state index contributed by atoms with van der Waals surface area (Å²) in [6.45, 7) is 3.14. The Labute approximate surface area is 159 Å². The first-order chi connectivity index (χ1) is 12.6. The SMILES string of the molecule is Cc1cn(-c2ccc(C(F)(F)F)cc2)c(=NC(=O)N2CC[C@@H](N(C)C)C2)s1. The van der Waals surface area contributed by atoms with Gasteiger partial charge in [0, 0.05) is 35.9 Å². The summed E-state index contributed by atoms with van der Waals surface area (Å²) in [6, 6.07) is 4.83. The van der Waals surface area contributed by atoms with Gasteiger partial charge < -0.3 is 9.80 Å². The number of urea groups is 1. The van der Waals surface area contributed by atoms with E-state index in [0.717, 1.165) is 23.4 Å². The lowest BCUT2D eigenvalue weighted by Crippen LogP contribution is -2.34. The molecule has 1 atom stereocenters. The minimum absolute atomic E-state index is 0.316. The lowest BCUT2D eigenvalue weighted by molar-refractivity contribution is -0.137. The van der Waals surface area contributed by atoms with Crippen molar-refractivity contribution >= 4 is 17.4 Å². The van der Waals surface area contributed by atoms with Gasteiger partial charge in [0.2, 0.25) is 0 Å². The highest BCUT2D eigenvalue weighted by Gasteiger charge is 2.30. The molecule has 0 bridgehead atoms. The Balaban J connectivity index is 1.88. The molecular formula is C18H21F3N4OS. The van der Waals surface area contributed by atoms with Crippen molar-refractivity contribution in [3.8, 4) is 5.69 Å². The fourth-order valence-corrected chi connectivity index (χ4v) is 3.85. The molecule has 1 fully saturated rings. The largest absolute Gasteiger partial charge is 0.416 e. The number of hydrogen-bond donors (Lipinski definition) is 0. The molecule has 1 saturated heterocycles. The third kappa shape index (κ3) is 4.41. The number of carbonyl (C=O) groups is 1. The molecule has 1 aromatic heterocycles. The first-order valence-corrected chi connectivity index (χ1v) is 9.33. The smallest absolute Gasteiger partial charge is 0.321 e. The molecule has 5 nitrogen and oxygen atoms in total. The Bertz CT molecular complexity index is 883. The molecule has 3 rings (SSSR count). The van der Waals surface area contributed by atoms with Crippen LogP contribution in [0.25, 0.3) is 5.69 Å². The molecule has 1 aliphatic rings. The normalized spacial score (nSPS) is 18.6. The van der Waals surface area contributed by atoms with Gasteiger partial charge >= 0.3 is 12.2 Å². The number of thiazole rings is 1. The van der Waals surface area contributed by atoms with Crippen LogP contribution >= 0.6 is 11.3 Å². The summed E-state index contributed by atoms with van der Waals surface area (Å²) in [5.41, 5.74) is -0.174. The van der Waals surface area contributed by atoms with Crippen molar-refractivity contribution < 1.29 is 18.0 Å². The maximum atomic E-state index is 12.8. The van der Waals surface area contributed by atoms with Crippen LogP contribution in [0.5, 0.6) is 0 Å². The van der Waals surface area contributed by atoms with E-state index in [1.54, 1.807) is 15.7 Å². The fourth-order valence-electron chi connectivity index (χ4n) is 3.02. The number of hydrogen-bond acceptors (Lipinski definition) is 3. The van der Waals surface area contributed by atoms with Crippen molar-refractivity contribution in [2.24, 2.45) is 4.99 Å². The van der Waals surface area contributed by atoms with E-state index in [0.29, 0.717) is 29.6 Å². The zero-order valence-corrected chi connectivity index (χ0v) is 16.1. The van der Waals surface area contributed by atoms with Crippen LogP contribution in [-0.4, -0.2) is 53.6 Å². The van der Waals surface area contributed by atoms with Crippen molar-refractivity contribution in [2.45, 2.75) is 25.6 Å². The first kappa shape index (κ1) is 19.6. The predicted molar refractivity (Wildman–Crippen MR) is 98.0 cm³/mol. The monoisotopic (exact) mass is 398 g/mol. The minimum atomic E-state index is -4.38. The lowest BCUT2D eigenvalue weighted by Gasteiger charge is -2.19. The standard InChI is InChI=1S/C18H21F3N4OS/c1-12-10-25(14-6-4-13(5-7-14)18(19,20)21)17(27-12)22-16(26)24-9-8-15(11-24)23(2)3/h4-7,10,15H,8-9,11H2,1-3H3/t15-/m1/s1. The molecular weight excluding hydrogens is 377 g/mol. The number of amides is 2. The van der Waals surface area contributed by atoms with Gasteiger partial charge in [-0.2, -0.15) is 18.2 Å². The van der Waals surface area contributed by atoms with Crippen LogP contribution in [-0.2, 0) is 6.18 Å². The first-order valence-electron chi connectivity index (χ1n) is 8.52. The Morgan fingerprint density at radius 1 is 1.26 bits per heavy atom. The highest BCUT2D eigenvalue weighted by atomic mass is 32.1. The molecule has 27 heavy (non-hydrogen) atoms. The molecule has 2 amide bonds. The summed E-state index contributed by atoms with van der Waals surface area (Å²) in [5.74, 6) is 0. The second-order valence-electron chi connectivity index (χ2n) is 6.79. The third-order valence-corrected chi connectivity index (χ3v) is 5.50. The van der Waals surface area contributed by atoms with Crippen molar-refractivity contribution in [1.82, 2.24) is 14.4 Å². The predicted octanol–water partition coefficient (Wildman–Crippen LogP) is 3.52. The molecule has 0 N–H and O–H groups in total. The van der Waals surface area contributed by atoms with Gasteiger partial charge in [-0.3, -0.25) is 4.57 Å². The number of benzene rings is 1. The molecule has 0 radical (unpaired) electrons. The van der Waals surface area contributed by atoms with Gasteiger partial charge in [-0.15, -0.1) is 11.3 Å². The van der Waals surface area contributed by atoms with E-state index in [4.69, 9.17) is 0 Å². The van der Waals surface area contributed by atoms with Crippen LogP contribution in [0, 0.1) is 6.92 Å². The van der Waals surface area contributed by atoms with Gasteiger partial charge in [-0.05, 0) is 51.7 Å². The quantitative estimate of drug-likeness (QED) is 0.777. The Morgan fingerprint density at radius 3 is 2.48 bits per heavy atom. The molecule has 0 saturated carbocycles. The maximum absolute atomic E-state index is 12.8. The number of likely N-dealkylation sites (tertiary alicyclic amines) is 1. The summed E-state index contributed by atoms with van der Waals surface area (Å²) in [4.78, 5) is 21.9. The van der Waals surface area contributed by atoms with Crippen LogP contribution < -0.4 is 4.80 Å². The third-order valence-electron chi connectivity index (χ3n) is 4.60. The van der Waals surface area contributed by atoms with E-state index in [1.807, 2.05) is 21.0 Å². The maximum Gasteiger partial charge on any atom is 0.416 e. The van der Waals surface area contributed by atoms with Crippen LogP contribution in [0.2, 0.25) is 0 Å². The lowest BCUT2D eigenvalue weighted by atomic mass is 10.2. The minimum Gasteiger partial charge on any atom is -0.321 e. The van der Waals surface area contributed by atoms with E-state index >= 15 is 0 Å². The molecule has 0 aliphatic carbocycles. The average Bonchev–Trinajstić information content (AvgIpc) is 3.21. The zero-order valence-electron chi connectivity index (χ0n) is 15.3. The second-order valence-corrected chi connectivity index (χ2v) is 8.00. The zero-order chi connectivity index (χ0) is 19.8. The van der Waals surface area contributed by atoms with Crippen LogP contribution in [0.1, 0.15) is 16.9 Å². The van der Waals surface area contributed by atoms with Crippen LogP contribution in [0.4, 0.5) is 18.0 Å². The van der Waals surface area contributed by atoms with E-state index in [-0.39, 0.29) is 6.03 Å². The van der Waals surface area contributed by atoms with Crippen LogP contribution in [0.15, 0.2) is 35.5 Å². The molecule has 1 aromatic carbocycles. The molecule has 146 valence electrons. The highest BCUT2D eigenvalue weighted by Crippen LogP contribution is 2.29. The summed E-state index contributed by atoms with van der Waals surface area (Å²) >= 11 is 1.33. The summed E-state index contributed by atoms with van der Waals surface area (Å²) in [5, 5.41) is 0. The molecule has 0 unspecified atom stereocenters. The van der Waals surface area contributed by atoms with Gasteiger partial charge in [0.1, 0.15) is 0 Å². The van der Waals surface area contributed by atoms with Crippen LogP contribution in [0.3, 0.4) is 0 Å². The van der Waals surface area contributed by atoms with Crippen molar-refractivity contribution in [2.75, 3.05) is 27.2 Å². The topological polar surface area (TPSA) is 40.8 Å². The summed E-state index contributed by atoms with van der Waals surface area (Å²) in [7, 11) is 3.97. The average molecular weight is 398 g/mol. The van der Waals surface area contributed by atoms with Gasteiger partial charge in [-0.25, -0.2) is 4.79 Å². The van der Waals surface area contributed by atoms with Gasteiger partial charge in [0.05, 0.1) is 5.56 Å². The van der Waals surface area contributed by atoms with Crippen molar-refractivity contribution in [3.63, 3.8) is 0 Å². The number of aromatic nitrogens is 1.